The zero-order valence-electron chi connectivity index (χ0n) is 14.2. The second kappa shape index (κ2) is 6.41. The average molecular weight is 359 g/mol. The molecule has 0 saturated heterocycles. The molecule has 0 unspecified atom stereocenters. The van der Waals surface area contributed by atoms with E-state index in [1.54, 1.807) is 36.7 Å². The normalized spacial score (nSPS) is 10.9. The summed E-state index contributed by atoms with van der Waals surface area (Å²) in [4.78, 5) is 40.9. The number of fused-ring (bicyclic) bond motifs is 1. The first-order valence-electron chi connectivity index (χ1n) is 8.06. The fourth-order valence-electron chi connectivity index (χ4n) is 2.78. The molecule has 8 nitrogen and oxygen atoms in total. The maximum atomic E-state index is 12.6. The van der Waals surface area contributed by atoms with E-state index in [1.807, 2.05) is 6.92 Å². The summed E-state index contributed by atoms with van der Waals surface area (Å²) in [6.45, 7) is 1.82. The van der Waals surface area contributed by atoms with E-state index in [9.17, 15) is 9.59 Å². The Morgan fingerprint density at radius 1 is 0.963 bits per heavy atom. The minimum absolute atomic E-state index is 0.135. The number of hydrogen-bond acceptors (Lipinski definition) is 6. The Hall–Kier alpha value is -3.94. The zero-order valence-corrected chi connectivity index (χ0v) is 14.2. The summed E-state index contributed by atoms with van der Waals surface area (Å²) in [5, 5.41) is 9.77. The number of aryl methyl sites for hydroxylation is 1. The molecule has 0 atom stereocenters. The molecule has 0 aliphatic carbocycles. The van der Waals surface area contributed by atoms with Crippen LogP contribution in [-0.4, -0.2) is 35.6 Å². The van der Waals surface area contributed by atoms with Crippen molar-refractivity contribution in [3.05, 3.63) is 76.5 Å². The van der Waals surface area contributed by atoms with Crippen LogP contribution in [0.3, 0.4) is 0 Å². The molecule has 0 aliphatic rings. The van der Waals surface area contributed by atoms with Crippen LogP contribution < -0.4 is 5.56 Å². The van der Waals surface area contributed by atoms with Gasteiger partial charge in [-0.2, -0.15) is 0 Å². The molecule has 0 aliphatic heterocycles. The zero-order chi connectivity index (χ0) is 19.0. The van der Waals surface area contributed by atoms with Crippen molar-refractivity contribution in [2.75, 3.05) is 0 Å². The molecule has 0 saturated carbocycles. The highest BCUT2D eigenvalue weighted by molar-refractivity contribution is 5.88. The molecule has 27 heavy (non-hydrogen) atoms. The molecule has 0 bridgehead atoms. The maximum absolute atomic E-state index is 12.6. The van der Waals surface area contributed by atoms with E-state index in [1.165, 1.54) is 22.8 Å². The SMILES string of the molecule is Cc1nc(-c2ncccn2)nc2c1ccc(=O)n2-c1ccc(C(=O)O)cc1. The van der Waals surface area contributed by atoms with E-state index in [2.05, 4.69) is 19.9 Å². The van der Waals surface area contributed by atoms with Crippen molar-refractivity contribution in [3.63, 3.8) is 0 Å². The van der Waals surface area contributed by atoms with Crippen molar-refractivity contribution < 1.29 is 9.90 Å². The second-order valence-corrected chi connectivity index (χ2v) is 5.80. The van der Waals surface area contributed by atoms with Crippen LogP contribution in [0.1, 0.15) is 16.1 Å². The third-order valence-electron chi connectivity index (χ3n) is 4.08. The molecule has 0 spiro atoms. The first-order valence-corrected chi connectivity index (χ1v) is 8.06. The molecule has 0 amide bonds. The van der Waals surface area contributed by atoms with Crippen molar-refractivity contribution in [2.45, 2.75) is 6.92 Å². The van der Waals surface area contributed by atoms with Gasteiger partial charge in [-0.3, -0.25) is 9.36 Å². The summed E-state index contributed by atoms with van der Waals surface area (Å²) in [5.74, 6) is -0.373. The molecule has 1 N–H and O–H groups in total. The van der Waals surface area contributed by atoms with Crippen molar-refractivity contribution in [1.29, 1.82) is 0 Å². The highest BCUT2D eigenvalue weighted by Gasteiger charge is 2.14. The summed E-state index contributed by atoms with van der Waals surface area (Å²) in [5.41, 5.74) is 1.44. The van der Waals surface area contributed by atoms with Crippen LogP contribution in [0.15, 0.2) is 59.7 Å². The fourth-order valence-corrected chi connectivity index (χ4v) is 2.78. The van der Waals surface area contributed by atoms with E-state index in [0.29, 0.717) is 34.1 Å². The van der Waals surface area contributed by atoms with Gasteiger partial charge >= 0.3 is 5.97 Å². The number of carbonyl (C=O) groups is 1. The number of carboxylic acids is 1. The lowest BCUT2D eigenvalue weighted by atomic mass is 10.2. The average Bonchev–Trinajstić information content (AvgIpc) is 2.68. The lowest BCUT2D eigenvalue weighted by Gasteiger charge is -2.12. The Kier molecular flexibility index (Phi) is 3.92. The van der Waals surface area contributed by atoms with Gasteiger partial charge in [0.05, 0.1) is 16.9 Å². The second-order valence-electron chi connectivity index (χ2n) is 5.80. The number of benzene rings is 1. The standard InChI is InChI=1S/C19H13N5O3/c1-11-14-7-8-15(25)24(13-5-3-12(4-6-13)19(26)27)18(14)23-17(22-11)16-20-9-2-10-21-16/h2-10H,1H3,(H,26,27). The van der Waals surface area contributed by atoms with Crippen LogP contribution in [0.5, 0.6) is 0 Å². The van der Waals surface area contributed by atoms with Crippen molar-refractivity contribution in [1.82, 2.24) is 24.5 Å². The number of aromatic carboxylic acids is 1. The smallest absolute Gasteiger partial charge is 0.335 e. The van der Waals surface area contributed by atoms with Gasteiger partial charge < -0.3 is 5.11 Å². The van der Waals surface area contributed by atoms with Gasteiger partial charge in [0.25, 0.3) is 5.56 Å². The summed E-state index contributed by atoms with van der Waals surface area (Å²) in [6.07, 6.45) is 3.18. The quantitative estimate of drug-likeness (QED) is 0.597. The first-order chi connectivity index (χ1) is 13.0. The Morgan fingerprint density at radius 3 is 2.33 bits per heavy atom. The molecule has 1 aromatic carbocycles. The summed E-state index contributed by atoms with van der Waals surface area (Å²) < 4.78 is 1.42. The molecular formula is C19H13N5O3. The van der Waals surface area contributed by atoms with E-state index in [-0.39, 0.29) is 11.1 Å². The van der Waals surface area contributed by atoms with Gasteiger partial charge in [0.2, 0.25) is 0 Å². The van der Waals surface area contributed by atoms with Crippen LogP contribution in [0.25, 0.3) is 28.4 Å². The van der Waals surface area contributed by atoms with Gasteiger partial charge in [-0.15, -0.1) is 0 Å². The Labute approximate surface area is 152 Å². The van der Waals surface area contributed by atoms with E-state index in [0.717, 1.165) is 0 Å². The van der Waals surface area contributed by atoms with Gasteiger partial charge in [0, 0.05) is 23.8 Å². The van der Waals surface area contributed by atoms with Crippen LogP contribution in [-0.2, 0) is 0 Å². The van der Waals surface area contributed by atoms with Gasteiger partial charge in [-0.05, 0) is 43.3 Å². The highest BCUT2D eigenvalue weighted by Crippen LogP contribution is 2.20. The molecular weight excluding hydrogens is 346 g/mol. The van der Waals surface area contributed by atoms with Crippen LogP contribution >= 0.6 is 0 Å². The number of hydrogen-bond donors (Lipinski definition) is 1. The molecule has 0 fully saturated rings. The Bertz CT molecular complexity index is 1220. The van der Waals surface area contributed by atoms with Gasteiger partial charge in [0.1, 0.15) is 0 Å². The van der Waals surface area contributed by atoms with Crippen molar-refractivity contribution >= 4 is 17.0 Å². The van der Waals surface area contributed by atoms with E-state index < -0.39 is 5.97 Å². The van der Waals surface area contributed by atoms with Crippen molar-refractivity contribution in [2.24, 2.45) is 0 Å². The summed E-state index contributed by atoms with van der Waals surface area (Å²) in [7, 11) is 0. The van der Waals surface area contributed by atoms with E-state index in [4.69, 9.17) is 5.11 Å². The number of pyridine rings is 1. The summed E-state index contributed by atoms with van der Waals surface area (Å²) in [6, 6.07) is 10.8. The molecule has 3 aromatic heterocycles. The Balaban J connectivity index is 1.99. The largest absolute Gasteiger partial charge is 0.478 e. The van der Waals surface area contributed by atoms with Crippen LogP contribution in [0.2, 0.25) is 0 Å². The van der Waals surface area contributed by atoms with Crippen LogP contribution in [0.4, 0.5) is 0 Å². The third-order valence-corrected chi connectivity index (χ3v) is 4.08. The maximum Gasteiger partial charge on any atom is 0.335 e. The molecule has 8 heteroatoms. The molecule has 4 aromatic rings. The number of carboxylic acid groups (broad SMARTS) is 1. The van der Waals surface area contributed by atoms with E-state index >= 15 is 0 Å². The lowest BCUT2D eigenvalue weighted by molar-refractivity contribution is 0.0697. The fraction of sp³-hybridized carbons (Fsp3) is 0.0526. The number of nitrogens with zero attached hydrogens (tertiary/aromatic N) is 5. The molecule has 132 valence electrons. The first kappa shape index (κ1) is 16.5. The van der Waals surface area contributed by atoms with Gasteiger partial charge in [0.15, 0.2) is 17.3 Å². The topological polar surface area (TPSA) is 111 Å². The molecule has 3 heterocycles. The van der Waals surface area contributed by atoms with Gasteiger partial charge in [-0.1, -0.05) is 0 Å². The summed E-state index contributed by atoms with van der Waals surface area (Å²) >= 11 is 0. The minimum atomic E-state index is -1.03. The Morgan fingerprint density at radius 2 is 1.67 bits per heavy atom. The predicted octanol–water partition coefficient (Wildman–Crippen LogP) is 2.24. The number of aromatic nitrogens is 5. The molecule has 0 radical (unpaired) electrons. The third kappa shape index (κ3) is 2.93. The van der Waals surface area contributed by atoms with Crippen LogP contribution in [0, 0.1) is 6.92 Å². The van der Waals surface area contributed by atoms with Crippen molar-refractivity contribution in [3.8, 4) is 17.3 Å². The van der Waals surface area contributed by atoms with Gasteiger partial charge in [-0.25, -0.2) is 24.7 Å². The lowest BCUT2D eigenvalue weighted by Crippen LogP contribution is -2.19. The number of rotatable bonds is 3. The monoisotopic (exact) mass is 359 g/mol. The highest BCUT2D eigenvalue weighted by atomic mass is 16.4. The molecule has 4 rings (SSSR count). The predicted molar refractivity (Wildman–Crippen MR) is 97.9 cm³/mol. The minimum Gasteiger partial charge on any atom is -0.478 e.